The number of amides is 2. The lowest BCUT2D eigenvalue weighted by atomic mass is 10.1. The molecular weight excluding hydrogens is 272 g/mol. The van der Waals surface area contributed by atoms with Gasteiger partial charge in [-0.25, -0.2) is 0 Å². The number of anilines is 2. The molecule has 5 N–H and O–H groups in total. The van der Waals surface area contributed by atoms with Gasteiger partial charge in [-0.15, -0.1) is 5.10 Å². The van der Waals surface area contributed by atoms with Crippen LogP contribution in [0.25, 0.3) is 0 Å². The van der Waals surface area contributed by atoms with E-state index in [1.165, 1.54) is 0 Å². The van der Waals surface area contributed by atoms with Gasteiger partial charge in [0.15, 0.2) is 0 Å². The normalized spacial score (nSPS) is 13.7. The molecule has 1 aromatic carbocycles. The maximum Gasteiger partial charge on any atom is 0.293 e. The van der Waals surface area contributed by atoms with Crippen molar-refractivity contribution in [3.05, 3.63) is 35.7 Å². The third-order valence-electron chi connectivity index (χ3n) is 3.05. The second-order valence-electron chi connectivity index (χ2n) is 4.79. The number of H-pyrrole nitrogens is 1. The highest BCUT2D eigenvalue weighted by atomic mass is 16.2. The number of nitrogens with two attached hydrogens (primary N) is 1. The number of rotatable bonds is 4. The second-order valence-corrected chi connectivity index (χ2v) is 4.79. The van der Waals surface area contributed by atoms with Crippen LogP contribution < -0.4 is 16.4 Å². The van der Waals surface area contributed by atoms with Gasteiger partial charge in [0.25, 0.3) is 11.8 Å². The lowest BCUT2D eigenvalue weighted by molar-refractivity contribution is 0.0952. The first kappa shape index (κ1) is 13.1. The minimum atomic E-state index is -0.508. The van der Waals surface area contributed by atoms with Crippen molar-refractivity contribution in [2.45, 2.75) is 18.9 Å². The van der Waals surface area contributed by atoms with Gasteiger partial charge in [-0.2, -0.15) is 4.98 Å². The molecule has 0 bridgehead atoms. The Hall–Kier alpha value is -2.90. The number of para-hydroxylation sites is 1. The molecule has 0 atom stereocenters. The standard InChI is InChI=1S/C13H14N6O2/c14-13-17-10(18-19-13)12(21)16-9-4-2-1-3-8(9)11(20)15-7-5-6-7/h1-4,7H,5-6H2,(H,15,20)(H,16,21)(H3,14,17,18,19). The van der Waals surface area contributed by atoms with Crippen LogP contribution in [-0.2, 0) is 0 Å². The van der Waals surface area contributed by atoms with E-state index in [1.54, 1.807) is 24.3 Å². The fourth-order valence-corrected chi connectivity index (χ4v) is 1.84. The van der Waals surface area contributed by atoms with Gasteiger partial charge < -0.3 is 16.4 Å². The number of nitrogens with zero attached hydrogens (tertiary/aromatic N) is 2. The highest BCUT2D eigenvalue weighted by Crippen LogP contribution is 2.21. The number of benzene rings is 1. The Morgan fingerprint density at radius 2 is 2.00 bits per heavy atom. The van der Waals surface area contributed by atoms with Gasteiger partial charge in [-0.1, -0.05) is 12.1 Å². The van der Waals surface area contributed by atoms with Crippen LogP contribution in [0.15, 0.2) is 24.3 Å². The molecule has 0 saturated heterocycles. The highest BCUT2D eigenvalue weighted by molar-refractivity contribution is 6.07. The molecule has 1 saturated carbocycles. The summed E-state index contributed by atoms with van der Waals surface area (Å²) in [5.74, 6) is -0.735. The van der Waals surface area contributed by atoms with Gasteiger partial charge in [0, 0.05) is 6.04 Å². The lowest BCUT2D eigenvalue weighted by Gasteiger charge is -2.10. The van der Waals surface area contributed by atoms with Crippen LogP contribution in [0.4, 0.5) is 11.6 Å². The van der Waals surface area contributed by atoms with Crippen molar-refractivity contribution in [3.63, 3.8) is 0 Å². The van der Waals surface area contributed by atoms with E-state index < -0.39 is 5.91 Å². The van der Waals surface area contributed by atoms with Crippen LogP contribution >= 0.6 is 0 Å². The van der Waals surface area contributed by atoms with Crippen LogP contribution in [0, 0.1) is 0 Å². The molecule has 0 unspecified atom stereocenters. The molecule has 1 aliphatic carbocycles. The summed E-state index contributed by atoms with van der Waals surface area (Å²) in [4.78, 5) is 27.9. The van der Waals surface area contributed by atoms with Crippen molar-refractivity contribution < 1.29 is 9.59 Å². The van der Waals surface area contributed by atoms with E-state index in [9.17, 15) is 9.59 Å². The van der Waals surface area contributed by atoms with Crippen molar-refractivity contribution in [2.24, 2.45) is 0 Å². The Labute approximate surface area is 120 Å². The minimum absolute atomic E-state index is 0.00935. The Balaban J connectivity index is 1.78. The quantitative estimate of drug-likeness (QED) is 0.652. The summed E-state index contributed by atoms with van der Waals surface area (Å²) in [6.07, 6.45) is 2.00. The third kappa shape index (κ3) is 2.99. The minimum Gasteiger partial charge on any atom is -0.366 e. The molecule has 2 aromatic rings. The number of nitrogens with one attached hydrogen (secondary N) is 3. The van der Waals surface area contributed by atoms with Crippen LogP contribution in [-0.4, -0.2) is 33.0 Å². The number of aromatic nitrogens is 3. The monoisotopic (exact) mass is 286 g/mol. The van der Waals surface area contributed by atoms with E-state index in [4.69, 9.17) is 5.73 Å². The fraction of sp³-hybridized carbons (Fsp3) is 0.231. The average Bonchev–Trinajstić information content (AvgIpc) is 3.17. The molecule has 1 fully saturated rings. The van der Waals surface area contributed by atoms with Crippen LogP contribution in [0.1, 0.15) is 33.8 Å². The van der Waals surface area contributed by atoms with Crippen molar-refractivity contribution in [3.8, 4) is 0 Å². The van der Waals surface area contributed by atoms with Crippen molar-refractivity contribution >= 4 is 23.5 Å². The molecule has 3 rings (SSSR count). The van der Waals surface area contributed by atoms with Gasteiger partial charge in [0.1, 0.15) is 0 Å². The number of hydrogen-bond acceptors (Lipinski definition) is 5. The number of carbonyl (C=O) groups is 2. The predicted molar refractivity (Wildman–Crippen MR) is 75.7 cm³/mol. The summed E-state index contributed by atoms with van der Waals surface area (Å²) in [5, 5.41) is 11.5. The molecule has 0 radical (unpaired) electrons. The molecule has 0 spiro atoms. The summed E-state index contributed by atoms with van der Waals surface area (Å²) in [6.45, 7) is 0. The van der Waals surface area contributed by atoms with E-state index >= 15 is 0 Å². The summed E-state index contributed by atoms with van der Waals surface area (Å²) >= 11 is 0. The molecule has 21 heavy (non-hydrogen) atoms. The number of carbonyl (C=O) groups excluding carboxylic acids is 2. The van der Waals surface area contributed by atoms with E-state index in [2.05, 4.69) is 25.8 Å². The number of nitrogen functional groups attached to an aromatic ring is 1. The molecule has 8 nitrogen and oxygen atoms in total. The van der Waals surface area contributed by atoms with Crippen molar-refractivity contribution in [2.75, 3.05) is 11.1 Å². The van der Waals surface area contributed by atoms with Gasteiger partial charge in [-0.3, -0.25) is 14.7 Å². The molecular formula is C13H14N6O2. The fourth-order valence-electron chi connectivity index (χ4n) is 1.84. The number of aromatic amines is 1. The summed E-state index contributed by atoms with van der Waals surface area (Å²) in [6, 6.07) is 7.03. The third-order valence-corrected chi connectivity index (χ3v) is 3.05. The van der Waals surface area contributed by atoms with E-state index in [1.807, 2.05) is 0 Å². The zero-order valence-corrected chi connectivity index (χ0v) is 11.1. The zero-order chi connectivity index (χ0) is 14.8. The molecule has 108 valence electrons. The average molecular weight is 286 g/mol. The Kier molecular flexibility index (Phi) is 3.27. The highest BCUT2D eigenvalue weighted by Gasteiger charge is 2.25. The maximum absolute atomic E-state index is 12.1. The smallest absolute Gasteiger partial charge is 0.293 e. The van der Waals surface area contributed by atoms with Gasteiger partial charge in [-0.05, 0) is 25.0 Å². The van der Waals surface area contributed by atoms with Crippen LogP contribution in [0.5, 0.6) is 0 Å². The Bertz CT molecular complexity index is 691. The van der Waals surface area contributed by atoms with E-state index in [0.29, 0.717) is 11.3 Å². The van der Waals surface area contributed by atoms with E-state index in [-0.39, 0.29) is 23.7 Å². The summed E-state index contributed by atoms with van der Waals surface area (Å²) < 4.78 is 0. The second kappa shape index (κ2) is 5.23. The first-order valence-corrected chi connectivity index (χ1v) is 6.52. The Morgan fingerprint density at radius 1 is 1.24 bits per heavy atom. The maximum atomic E-state index is 12.1. The van der Waals surface area contributed by atoms with E-state index in [0.717, 1.165) is 12.8 Å². The molecule has 2 amide bonds. The molecule has 8 heteroatoms. The summed E-state index contributed by atoms with van der Waals surface area (Å²) in [5.41, 5.74) is 6.17. The van der Waals surface area contributed by atoms with Crippen LogP contribution in [0.3, 0.4) is 0 Å². The topological polar surface area (TPSA) is 126 Å². The SMILES string of the molecule is Nc1n[nH]c(C(=O)Nc2ccccc2C(=O)NC2CC2)n1. The van der Waals surface area contributed by atoms with Crippen molar-refractivity contribution in [1.82, 2.24) is 20.5 Å². The van der Waals surface area contributed by atoms with Crippen LogP contribution in [0.2, 0.25) is 0 Å². The predicted octanol–water partition coefficient (Wildman–Crippen LogP) is 0.531. The summed E-state index contributed by atoms with van der Waals surface area (Å²) in [7, 11) is 0. The van der Waals surface area contributed by atoms with Gasteiger partial charge >= 0.3 is 0 Å². The first-order valence-electron chi connectivity index (χ1n) is 6.52. The molecule has 1 heterocycles. The molecule has 1 aliphatic rings. The van der Waals surface area contributed by atoms with Gasteiger partial charge in [0.2, 0.25) is 11.8 Å². The largest absolute Gasteiger partial charge is 0.366 e. The number of hydrogen-bond donors (Lipinski definition) is 4. The lowest BCUT2D eigenvalue weighted by Crippen LogP contribution is -2.27. The van der Waals surface area contributed by atoms with Gasteiger partial charge in [0.05, 0.1) is 11.3 Å². The molecule has 1 aromatic heterocycles. The molecule has 0 aliphatic heterocycles. The zero-order valence-electron chi connectivity index (χ0n) is 11.1. The first-order chi connectivity index (χ1) is 10.1. The van der Waals surface area contributed by atoms with Crippen molar-refractivity contribution in [1.29, 1.82) is 0 Å². The Morgan fingerprint density at radius 3 is 2.67 bits per heavy atom.